The molecule has 1 heteroatoms. The zero-order chi connectivity index (χ0) is 9.90. The van der Waals surface area contributed by atoms with Gasteiger partial charge in [0, 0.05) is 0 Å². The van der Waals surface area contributed by atoms with Crippen molar-refractivity contribution in [1.82, 2.24) is 5.32 Å². The van der Waals surface area contributed by atoms with Crippen molar-refractivity contribution in [2.75, 3.05) is 13.1 Å². The lowest BCUT2D eigenvalue weighted by atomic mass is 9.69. The number of piperidine rings is 1. The third-order valence-electron chi connectivity index (χ3n) is 3.81. The summed E-state index contributed by atoms with van der Waals surface area (Å²) in [5, 5.41) is 3.48. The second kappa shape index (κ2) is 4.45. The van der Waals surface area contributed by atoms with Crippen LogP contribution in [0.15, 0.2) is 0 Å². The smallest absolute Gasteiger partial charge is 0.00179 e. The van der Waals surface area contributed by atoms with E-state index >= 15 is 0 Å². The molecule has 0 aliphatic carbocycles. The molecule has 0 bridgehead atoms. The molecular weight excluding hydrogens is 158 g/mol. The monoisotopic (exact) mass is 183 g/mol. The fourth-order valence-corrected chi connectivity index (χ4v) is 2.18. The predicted molar refractivity (Wildman–Crippen MR) is 58.8 cm³/mol. The Balaban J connectivity index is 2.42. The molecule has 13 heavy (non-hydrogen) atoms. The second-order valence-corrected chi connectivity index (χ2v) is 5.44. The standard InChI is InChI=1S/C12H25N/c1-10(2)5-6-12(4)7-8-13-9-11(12)3/h10-11,13H,5-9H2,1-4H3. The largest absolute Gasteiger partial charge is 0.316 e. The highest BCUT2D eigenvalue weighted by Crippen LogP contribution is 2.38. The van der Waals surface area contributed by atoms with Crippen LogP contribution in [0.3, 0.4) is 0 Å². The molecule has 0 radical (unpaired) electrons. The van der Waals surface area contributed by atoms with Crippen LogP contribution in [0.1, 0.15) is 47.0 Å². The summed E-state index contributed by atoms with van der Waals surface area (Å²) in [7, 11) is 0. The molecule has 1 heterocycles. The molecule has 0 aromatic carbocycles. The van der Waals surface area contributed by atoms with Gasteiger partial charge in [0.05, 0.1) is 0 Å². The van der Waals surface area contributed by atoms with Crippen molar-refractivity contribution in [1.29, 1.82) is 0 Å². The molecule has 1 fully saturated rings. The highest BCUT2D eigenvalue weighted by atomic mass is 14.9. The van der Waals surface area contributed by atoms with E-state index in [0.29, 0.717) is 5.41 Å². The Morgan fingerprint density at radius 3 is 2.69 bits per heavy atom. The minimum absolute atomic E-state index is 0.607. The van der Waals surface area contributed by atoms with Crippen LogP contribution in [0, 0.1) is 17.3 Å². The van der Waals surface area contributed by atoms with Gasteiger partial charge in [0.25, 0.3) is 0 Å². The van der Waals surface area contributed by atoms with Gasteiger partial charge in [-0.25, -0.2) is 0 Å². The van der Waals surface area contributed by atoms with Crippen LogP contribution in [0.4, 0.5) is 0 Å². The van der Waals surface area contributed by atoms with E-state index in [1.165, 1.54) is 32.4 Å². The number of nitrogens with one attached hydrogen (secondary N) is 1. The first-order valence-electron chi connectivity index (χ1n) is 5.75. The molecule has 1 N–H and O–H groups in total. The Kier molecular flexibility index (Phi) is 3.78. The van der Waals surface area contributed by atoms with Gasteiger partial charge in [0.1, 0.15) is 0 Å². The number of hydrogen-bond acceptors (Lipinski definition) is 1. The van der Waals surface area contributed by atoms with Gasteiger partial charge in [0.2, 0.25) is 0 Å². The van der Waals surface area contributed by atoms with E-state index in [-0.39, 0.29) is 0 Å². The van der Waals surface area contributed by atoms with E-state index in [4.69, 9.17) is 0 Å². The fraction of sp³-hybridized carbons (Fsp3) is 1.00. The van der Waals surface area contributed by atoms with Crippen LogP contribution in [0.2, 0.25) is 0 Å². The highest BCUT2D eigenvalue weighted by Gasteiger charge is 2.32. The maximum absolute atomic E-state index is 3.48. The molecule has 1 rings (SSSR count). The Labute approximate surface area is 83.3 Å². The first kappa shape index (κ1) is 11.0. The van der Waals surface area contributed by atoms with E-state index in [0.717, 1.165) is 11.8 Å². The Morgan fingerprint density at radius 2 is 2.15 bits per heavy atom. The summed E-state index contributed by atoms with van der Waals surface area (Å²) in [6.07, 6.45) is 4.16. The minimum Gasteiger partial charge on any atom is -0.316 e. The molecule has 0 saturated carbocycles. The fourth-order valence-electron chi connectivity index (χ4n) is 2.18. The maximum Gasteiger partial charge on any atom is -0.00179 e. The SMILES string of the molecule is CC(C)CCC1(C)CCNCC1C. The lowest BCUT2D eigenvalue weighted by molar-refractivity contribution is 0.123. The molecule has 1 aliphatic heterocycles. The van der Waals surface area contributed by atoms with Gasteiger partial charge in [-0.1, -0.05) is 34.1 Å². The van der Waals surface area contributed by atoms with Gasteiger partial charge in [-0.05, 0) is 43.2 Å². The zero-order valence-electron chi connectivity index (χ0n) is 9.69. The molecule has 0 aromatic heterocycles. The van der Waals surface area contributed by atoms with Gasteiger partial charge in [-0.2, -0.15) is 0 Å². The highest BCUT2D eigenvalue weighted by molar-refractivity contribution is 4.86. The van der Waals surface area contributed by atoms with E-state index in [1.807, 2.05) is 0 Å². The summed E-state index contributed by atoms with van der Waals surface area (Å²) in [6, 6.07) is 0. The van der Waals surface area contributed by atoms with Crippen LogP contribution >= 0.6 is 0 Å². The summed E-state index contributed by atoms with van der Waals surface area (Å²) in [5.74, 6) is 1.71. The lowest BCUT2D eigenvalue weighted by Gasteiger charge is -2.40. The molecule has 78 valence electrons. The lowest BCUT2D eigenvalue weighted by Crippen LogP contribution is -2.42. The Hall–Kier alpha value is -0.0400. The molecule has 2 unspecified atom stereocenters. The molecular formula is C12H25N. The molecule has 2 atom stereocenters. The summed E-state index contributed by atoms with van der Waals surface area (Å²) in [5.41, 5.74) is 0.607. The quantitative estimate of drug-likeness (QED) is 0.709. The van der Waals surface area contributed by atoms with Crippen LogP contribution in [-0.2, 0) is 0 Å². The van der Waals surface area contributed by atoms with Crippen LogP contribution in [0.25, 0.3) is 0 Å². The van der Waals surface area contributed by atoms with Crippen molar-refractivity contribution in [3.63, 3.8) is 0 Å². The van der Waals surface area contributed by atoms with Gasteiger partial charge < -0.3 is 5.32 Å². The van der Waals surface area contributed by atoms with E-state index in [1.54, 1.807) is 0 Å². The summed E-state index contributed by atoms with van der Waals surface area (Å²) >= 11 is 0. The topological polar surface area (TPSA) is 12.0 Å². The average molecular weight is 183 g/mol. The van der Waals surface area contributed by atoms with Gasteiger partial charge in [-0.15, -0.1) is 0 Å². The van der Waals surface area contributed by atoms with Gasteiger partial charge >= 0.3 is 0 Å². The van der Waals surface area contributed by atoms with E-state index in [2.05, 4.69) is 33.0 Å². The van der Waals surface area contributed by atoms with Crippen molar-refractivity contribution in [2.45, 2.75) is 47.0 Å². The van der Waals surface area contributed by atoms with E-state index in [9.17, 15) is 0 Å². The molecule has 1 saturated heterocycles. The summed E-state index contributed by atoms with van der Waals surface area (Å²) in [4.78, 5) is 0. The predicted octanol–water partition coefficient (Wildman–Crippen LogP) is 3.06. The molecule has 1 aliphatic rings. The van der Waals surface area contributed by atoms with Crippen molar-refractivity contribution in [2.24, 2.45) is 17.3 Å². The first-order chi connectivity index (χ1) is 6.04. The number of rotatable bonds is 3. The molecule has 0 amide bonds. The van der Waals surface area contributed by atoms with E-state index < -0.39 is 0 Å². The van der Waals surface area contributed by atoms with Crippen molar-refractivity contribution in [3.05, 3.63) is 0 Å². The minimum atomic E-state index is 0.607. The van der Waals surface area contributed by atoms with Crippen molar-refractivity contribution >= 4 is 0 Å². The normalized spacial score (nSPS) is 35.3. The first-order valence-corrected chi connectivity index (χ1v) is 5.75. The van der Waals surface area contributed by atoms with Crippen molar-refractivity contribution < 1.29 is 0 Å². The molecule has 1 nitrogen and oxygen atoms in total. The van der Waals surface area contributed by atoms with Crippen LogP contribution in [0.5, 0.6) is 0 Å². The van der Waals surface area contributed by atoms with Gasteiger partial charge in [-0.3, -0.25) is 0 Å². The van der Waals surface area contributed by atoms with Crippen LogP contribution < -0.4 is 5.32 Å². The van der Waals surface area contributed by atoms with Crippen LogP contribution in [-0.4, -0.2) is 13.1 Å². The van der Waals surface area contributed by atoms with Crippen molar-refractivity contribution in [3.8, 4) is 0 Å². The second-order valence-electron chi connectivity index (χ2n) is 5.44. The third-order valence-corrected chi connectivity index (χ3v) is 3.81. The Bertz CT molecular complexity index is 153. The number of hydrogen-bond donors (Lipinski definition) is 1. The molecule has 0 spiro atoms. The van der Waals surface area contributed by atoms with Gasteiger partial charge in [0.15, 0.2) is 0 Å². The molecule has 0 aromatic rings. The zero-order valence-corrected chi connectivity index (χ0v) is 9.69. The maximum atomic E-state index is 3.48. The Morgan fingerprint density at radius 1 is 1.46 bits per heavy atom. The summed E-state index contributed by atoms with van der Waals surface area (Å²) < 4.78 is 0. The average Bonchev–Trinajstić information content (AvgIpc) is 2.07. The third kappa shape index (κ3) is 2.98. The summed E-state index contributed by atoms with van der Waals surface area (Å²) in [6.45, 7) is 12.0.